The van der Waals surface area contributed by atoms with Crippen molar-refractivity contribution in [3.05, 3.63) is 62.5 Å². The van der Waals surface area contributed by atoms with Gasteiger partial charge in [0.25, 0.3) is 5.91 Å². The fourth-order valence-electron chi connectivity index (χ4n) is 1.83. The highest BCUT2D eigenvalue weighted by molar-refractivity contribution is 9.11. The maximum absolute atomic E-state index is 12.3. The molecule has 0 aliphatic heterocycles. The molecule has 5 heteroatoms. The molecular formula is C15H14Br2N2O. The van der Waals surface area contributed by atoms with Gasteiger partial charge in [0.05, 0.1) is 16.1 Å². The quantitative estimate of drug-likeness (QED) is 0.759. The summed E-state index contributed by atoms with van der Waals surface area (Å²) in [7, 11) is 0. The average molecular weight is 398 g/mol. The summed E-state index contributed by atoms with van der Waals surface area (Å²) in [5.74, 6) is -0.153. The van der Waals surface area contributed by atoms with Crippen molar-refractivity contribution in [3.8, 4) is 0 Å². The van der Waals surface area contributed by atoms with E-state index in [1.807, 2.05) is 31.2 Å². The van der Waals surface area contributed by atoms with Crippen LogP contribution in [0.1, 0.15) is 28.9 Å². The van der Waals surface area contributed by atoms with Crippen LogP contribution in [0.5, 0.6) is 0 Å². The summed E-state index contributed by atoms with van der Waals surface area (Å²) >= 11 is 6.74. The molecule has 0 saturated heterocycles. The van der Waals surface area contributed by atoms with Crippen molar-refractivity contribution in [3.63, 3.8) is 0 Å². The molecule has 20 heavy (non-hydrogen) atoms. The molecule has 0 aliphatic rings. The Morgan fingerprint density at radius 2 is 1.80 bits per heavy atom. The highest BCUT2D eigenvalue weighted by Crippen LogP contribution is 2.24. The van der Waals surface area contributed by atoms with Crippen LogP contribution in [-0.4, -0.2) is 5.91 Å². The summed E-state index contributed by atoms with van der Waals surface area (Å²) in [4.78, 5) is 12.3. The molecule has 0 spiro atoms. The molecule has 0 aromatic heterocycles. The third kappa shape index (κ3) is 3.41. The van der Waals surface area contributed by atoms with Crippen LogP contribution in [0, 0.1) is 0 Å². The third-order valence-electron chi connectivity index (χ3n) is 2.99. The number of benzene rings is 2. The largest absolute Gasteiger partial charge is 0.398 e. The van der Waals surface area contributed by atoms with Crippen LogP contribution >= 0.6 is 31.9 Å². The van der Waals surface area contributed by atoms with Gasteiger partial charge in [0, 0.05) is 10.2 Å². The minimum absolute atomic E-state index is 0.0797. The Bertz CT molecular complexity index is 626. The molecule has 0 bridgehead atoms. The van der Waals surface area contributed by atoms with Crippen molar-refractivity contribution in [2.24, 2.45) is 0 Å². The normalized spacial score (nSPS) is 11.9. The lowest BCUT2D eigenvalue weighted by Crippen LogP contribution is -2.27. The van der Waals surface area contributed by atoms with Crippen LogP contribution in [0.25, 0.3) is 0 Å². The number of hydrogen-bond acceptors (Lipinski definition) is 2. The minimum Gasteiger partial charge on any atom is -0.398 e. The van der Waals surface area contributed by atoms with Gasteiger partial charge < -0.3 is 11.1 Å². The zero-order valence-electron chi connectivity index (χ0n) is 10.9. The molecule has 3 nitrogen and oxygen atoms in total. The highest BCUT2D eigenvalue weighted by atomic mass is 79.9. The Labute approximate surface area is 134 Å². The van der Waals surface area contributed by atoms with E-state index in [-0.39, 0.29) is 11.9 Å². The van der Waals surface area contributed by atoms with Crippen LogP contribution in [0.2, 0.25) is 0 Å². The smallest absolute Gasteiger partial charge is 0.252 e. The van der Waals surface area contributed by atoms with Crippen molar-refractivity contribution in [2.45, 2.75) is 13.0 Å². The molecule has 0 fully saturated rings. The molecule has 104 valence electrons. The summed E-state index contributed by atoms with van der Waals surface area (Å²) in [5.41, 5.74) is 7.91. The van der Waals surface area contributed by atoms with Crippen LogP contribution in [0.15, 0.2) is 51.4 Å². The van der Waals surface area contributed by atoms with Gasteiger partial charge in [0.15, 0.2) is 0 Å². The minimum atomic E-state index is -0.153. The zero-order valence-corrected chi connectivity index (χ0v) is 14.0. The number of rotatable bonds is 3. The summed E-state index contributed by atoms with van der Waals surface area (Å²) in [6.45, 7) is 1.95. The standard InChI is InChI=1S/C15H14Br2N2O/c1-9(10-5-7-11(16)8-6-10)19-15(20)12-3-2-4-13(18)14(12)17/h2-9H,18H2,1H3,(H,19,20)/t9-/m0/s1. The van der Waals surface area contributed by atoms with Crippen molar-refractivity contribution in [2.75, 3.05) is 5.73 Å². The van der Waals surface area contributed by atoms with Gasteiger partial charge in [-0.3, -0.25) is 4.79 Å². The number of anilines is 1. The average Bonchev–Trinajstić information content (AvgIpc) is 2.42. The molecule has 0 aliphatic carbocycles. The van der Waals surface area contributed by atoms with E-state index in [0.717, 1.165) is 10.0 Å². The molecule has 0 radical (unpaired) electrons. The summed E-state index contributed by atoms with van der Waals surface area (Å²) in [6, 6.07) is 13.0. The van der Waals surface area contributed by atoms with Gasteiger partial charge in [-0.1, -0.05) is 34.1 Å². The van der Waals surface area contributed by atoms with Crippen molar-refractivity contribution >= 4 is 43.5 Å². The number of nitrogens with one attached hydrogen (secondary N) is 1. The van der Waals surface area contributed by atoms with Gasteiger partial charge >= 0.3 is 0 Å². The topological polar surface area (TPSA) is 55.1 Å². The molecule has 1 atom stereocenters. The Kier molecular flexibility index (Phi) is 4.83. The lowest BCUT2D eigenvalue weighted by Gasteiger charge is -2.15. The Hall–Kier alpha value is -1.33. The van der Waals surface area contributed by atoms with Crippen molar-refractivity contribution in [1.29, 1.82) is 0 Å². The number of carbonyl (C=O) groups is 1. The van der Waals surface area contributed by atoms with Gasteiger partial charge in [0.1, 0.15) is 0 Å². The zero-order chi connectivity index (χ0) is 14.7. The van der Waals surface area contributed by atoms with Gasteiger partial charge in [-0.25, -0.2) is 0 Å². The number of halogens is 2. The maximum Gasteiger partial charge on any atom is 0.252 e. The molecule has 2 rings (SSSR count). The van der Waals surface area contributed by atoms with Crippen molar-refractivity contribution < 1.29 is 4.79 Å². The molecule has 2 aromatic rings. The first-order valence-electron chi connectivity index (χ1n) is 6.09. The van der Waals surface area contributed by atoms with Crippen LogP contribution in [0.4, 0.5) is 5.69 Å². The van der Waals surface area contributed by atoms with Gasteiger partial charge in [0.2, 0.25) is 0 Å². The van der Waals surface area contributed by atoms with Crippen molar-refractivity contribution in [1.82, 2.24) is 5.32 Å². The number of hydrogen-bond donors (Lipinski definition) is 2. The second-order valence-electron chi connectivity index (χ2n) is 4.46. The first-order chi connectivity index (χ1) is 9.49. The summed E-state index contributed by atoms with van der Waals surface area (Å²) < 4.78 is 1.64. The lowest BCUT2D eigenvalue weighted by molar-refractivity contribution is 0.0939. The summed E-state index contributed by atoms with van der Waals surface area (Å²) in [6.07, 6.45) is 0. The highest BCUT2D eigenvalue weighted by Gasteiger charge is 2.15. The maximum atomic E-state index is 12.3. The molecule has 0 unspecified atom stereocenters. The fraction of sp³-hybridized carbons (Fsp3) is 0.133. The van der Waals surface area contributed by atoms with E-state index in [0.29, 0.717) is 15.7 Å². The van der Waals surface area contributed by atoms with Gasteiger partial charge in [-0.05, 0) is 52.7 Å². The molecule has 2 aromatic carbocycles. The van der Waals surface area contributed by atoms with E-state index >= 15 is 0 Å². The van der Waals surface area contributed by atoms with Crippen LogP contribution in [-0.2, 0) is 0 Å². The molecular weight excluding hydrogens is 384 g/mol. The number of carbonyl (C=O) groups excluding carboxylic acids is 1. The second-order valence-corrected chi connectivity index (χ2v) is 6.16. The number of amides is 1. The van der Waals surface area contributed by atoms with E-state index in [9.17, 15) is 4.79 Å². The third-order valence-corrected chi connectivity index (χ3v) is 4.40. The van der Waals surface area contributed by atoms with E-state index in [2.05, 4.69) is 37.2 Å². The first-order valence-corrected chi connectivity index (χ1v) is 7.68. The molecule has 3 N–H and O–H groups in total. The van der Waals surface area contributed by atoms with E-state index in [4.69, 9.17) is 5.73 Å². The molecule has 0 heterocycles. The Morgan fingerprint density at radius 1 is 1.15 bits per heavy atom. The SMILES string of the molecule is C[C@H](NC(=O)c1cccc(N)c1Br)c1ccc(Br)cc1. The molecule has 1 amide bonds. The van der Waals surface area contributed by atoms with E-state index in [1.165, 1.54) is 0 Å². The van der Waals surface area contributed by atoms with Gasteiger partial charge in [-0.2, -0.15) is 0 Å². The van der Waals surface area contributed by atoms with Crippen LogP contribution in [0.3, 0.4) is 0 Å². The van der Waals surface area contributed by atoms with E-state index < -0.39 is 0 Å². The fourth-order valence-corrected chi connectivity index (χ4v) is 2.54. The lowest BCUT2D eigenvalue weighted by atomic mass is 10.1. The monoisotopic (exact) mass is 396 g/mol. The summed E-state index contributed by atoms with van der Waals surface area (Å²) in [5, 5.41) is 2.96. The number of nitrogens with two attached hydrogens (primary N) is 1. The predicted octanol–water partition coefficient (Wildman–Crippen LogP) is 4.28. The van der Waals surface area contributed by atoms with E-state index in [1.54, 1.807) is 18.2 Å². The van der Waals surface area contributed by atoms with Gasteiger partial charge in [-0.15, -0.1) is 0 Å². The van der Waals surface area contributed by atoms with Crippen LogP contribution < -0.4 is 11.1 Å². The molecule has 0 saturated carbocycles. The number of nitrogen functional groups attached to an aromatic ring is 1. The first kappa shape index (κ1) is 15.1. The second kappa shape index (κ2) is 6.41. The predicted molar refractivity (Wildman–Crippen MR) is 88.6 cm³/mol. The Morgan fingerprint density at radius 3 is 2.45 bits per heavy atom. The Balaban J connectivity index is 2.15.